The van der Waals surface area contributed by atoms with Gasteiger partial charge in [-0.05, 0) is 56.2 Å². The second-order valence-corrected chi connectivity index (χ2v) is 5.62. The van der Waals surface area contributed by atoms with E-state index in [0.29, 0.717) is 5.02 Å². The molecule has 0 aromatic heterocycles. The van der Waals surface area contributed by atoms with Gasteiger partial charge in [-0.25, -0.2) is 0 Å². The Morgan fingerprint density at radius 1 is 1.05 bits per heavy atom. The number of nitrogens with one attached hydrogen (secondary N) is 2. The average Bonchev–Trinajstić information content (AvgIpc) is 2.40. The molecule has 0 radical (unpaired) electrons. The second kappa shape index (κ2) is 6.64. The van der Waals surface area contributed by atoms with Crippen molar-refractivity contribution in [3.63, 3.8) is 0 Å². The van der Waals surface area contributed by atoms with Gasteiger partial charge >= 0.3 is 0 Å². The molecule has 0 atom stereocenters. The molecule has 1 amide bonds. The summed E-state index contributed by atoms with van der Waals surface area (Å²) >= 11 is 5.81. The molecule has 4 heteroatoms. The van der Waals surface area contributed by atoms with E-state index in [1.165, 1.54) is 5.56 Å². The largest absolute Gasteiger partial charge is 0.376 e. The van der Waals surface area contributed by atoms with Gasteiger partial charge in [0.2, 0.25) is 5.91 Å². The molecular weight excluding hydrogens is 284 g/mol. The number of aryl methyl sites for hydroxylation is 3. The summed E-state index contributed by atoms with van der Waals surface area (Å²) < 4.78 is 0. The molecule has 0 aliphatic rings. The first-order valence-electron chi connectivity index (χ1n) is 6.83. The number of amides is 1. The lowest BCUT2D eigenvalue weighted by atomic mass is 10.1. The van der Waals surface area contributed by atoms with Gasteiger partial charge in [-0.15, -0.1) is 0 Å². The highest BCUT2D eigenvalue weighted by molar-refractivity contribution is 6.30. The summed E-state index contributed by atoms with van der Waals surface area (Å²) in [7, 11) is 0. The molecule has 2 aromatic carbocycles. The van der Waals surface area contributed by atoms with Crippen LogP contribution in [0.15, 0.2) is 36.4 Å². The zero-order valence-electron chi connectivity index (χ0n) is 12.5. The van der Waals surface area contributed by atoms with Crippen molar-refractivity contribution < 1.29 is 4.79 Å². The van der Waals surface area contributed by atoms with E-state index < -0.39 is 0 Å². The zero-order chi connectivity index (χ0) is 15.4. The van der Waals surface area contributed by atoms with Gasteiger partial charge < -0.3 is 10.6 Å². The lowest BCUT2D eigenvalue weighted by Gasteiger charge is -2.14. The van der Waals surface area contributed by atoms with Crippen LogP contribution in [-0.2, 0) is 4.79 Å². The molecule has 21 heavy (non-hydrogen) atoms. The van der Waals surface area contributed by atoms with Gasteiger partial charge in [-0.2, -0.15) is 0 Å². The molecule has 2 aromatic rings. The molecule has 0 fully saturated rings. The molecule has 2 rings (SSSR count). The van der Waals surface area contributed by atoms with Crippen molar-refractivity contribution in [2.24, 2.45) is 0 Å². The van der Waals surface area contributed by atoms with Crippen LogP contribution in [0.1, 0.15) is 16.7 Å². The van der Waals surface area contributed by atoms with E-state index in [9.17, 15) is 4.79 Å². The number of carbonyl (C=O) groups excluding carboxylic acids is 1. The third kappa shape index (κ3) is 4.23. The molecule has 110 valence electrons. The minimum atomic E-state index is -0.0864. The van der Waals surface area contributed by atoms with Gasteiger partial charge in [-0.1, -0.05) is 29.3 Å². The maximum atomic E-state index is 12.0. The number of halogens is 1. The van der Waals surface area contributed by atoms with Crippen molar-refractivity contribution >= 4 is 28.9 Å². The Hall–Kier alpha value is -2.00. The Balaban J connectivity index is 1.97. The summed E-state index contributed by atoms with van der Waals surface area (Å²) in [6, 6.07) is 11.3. The summed E-state index contributed by atoms with van der Waals surface area (Å²) in [5.41, 5.74) is 5.27. The minimum Gasteiger partial charge on any atom is -0.376 e. The fourth-order valence-electron chi connectivity index (χ4n) is 2.37. The van der Waals surface area contributed by atoms with E-state index in [1.807, 2.05) is 13.8 Å². The van der Waals surface area contributed by atoms with Crippen LogP contribution >= 0.6 is 11.6 Å². The Kier molecular flexibility index (Phi) is 4.86. The molecule has 0 aliphatic heterocycles. The normalized spacial score (nSPS) is 10.3. The summed E-state index contributed by atoms with van der Waals surface area (Å²) in [6.45, 7) is 6.38. The first-order valence-corrected chi connectivity index (χ1v) is 7.20. The van der Waals surface area contributed by atoms with E-state index in [1.54, 1.807) is 24.3 Å². The smallest absolute Gasteiger partial charge is 0.243 e. The Morgan fingerprint density at radius 2 is 1.62 bits per heavy atom. The summed E-state index contributed by atoms with van der Waals surface area (Å²) in [6.07, 6.45) is 0. The number of carbonyl (C=O) groups is 1. The predicted molar refractivity (Wildman–Crippen MR) is 89.2 cm³/mol. The van der Waals surface area contributed by atoms with Crippen LogP contribution in [0.25, 0.3) is 0 Å². The summed E-state index contributed by atoms with van der Waals surface area (Å²) in [5, 5.41) is 6.68. The van der Waals surface area contributed by atoms with E-state index in [0.717, 1.165) is 22.5 Å². The molecule has 0 aliphatic carbocycles. The highest BCUT2D eigenvalue weighted by atomic mass is 35.5. The molecule has 0 heterocycles. The third-order valence-corrected chi connectivity index (χ3v) is 3.48. The van der Waals surface area contributed by atoms with Gasteiger partial charge in [0.15, 0.2) is 0 Å². The van der Waals surface area contributed by atoms with E-state index in [4.69, 9.17) is 11.6 Å². The number of rotatable bonds is 4. The predicted octanol–water partition coefficient (Wildman–Crippen LogP) is 4.32. The molecular formula is C17H19ClN2O. The third-order valence-electron chi connectivity index (χ3n) is 3.23. The second-order valence-electron chi connectivity index (χ2n) is 5.18. The lowest BCUT2D eigenvalue weighted by Crippen LogP contribution is -2.22. The van der Waals surface area contributed by atoms with E-state index in [2.05, 4.69) is 29.7 Å². The number of benzene rings is 2. The van der Waals surface area contributed by atoms with Gasteiger partial charge in [0.05, 0.1) is 6.54 Å². The standard InChI is InChI=1S/C17H19ClN2O/c1-11-8-12(2)17(13(3)9-11)19-10-16(21)20-15-6-4-14(18)5-7-15/h4-9,19H,10H2,1-3H3,(H,20,21). The Morgan fingerprint density at radius 3 is 2.19 bits per heavy atom. The Bertz CT molecular complexity index is 627. The highest BCUT2D eigenvalue weighted by Crippen LogP contribution is 2.21. The minimum absolute atomic E-state index is 0.0864. The van der Waals surface area contributed by atoms with Crippen molar-refractivity contribution in [2.75, 3.05) is 17.2 Å². The number of hydrogen-bond donors (Lipinski definition) is 2. The lowest BCUT2D eigenvalue weighted by molar-refractivity contribution is -0.114. The fraction of sp³-hybridized carbons (Fsp3) is 0.235. The van der Waals surface area contributed by atoms with Crippen LogP contribution in [-0.4, -0.2) is 12.5 Å². The topological polar surface area (TPSA) is 41.1 Å². The molecule has 0 saturated heterocycles. The molecule has 2 N–H and O–H groups in total. The molecule has 0 bridgehead atoms. The highest BCUT2D eigenvalue weighted by Gasteiger charge is 2.06. The van der Waals surface area contributed by atoms with Crippen LogP contribution in [0, 0.1) is 20.8 Å². The molecule has 3 nitrogen and oxygen atoms in total. The van der Waals surface area contributed by atoms with Crippen molar-refractivity contribution in [1.82, 2.24) is 0 Å². The number of hydrogen-bond acceptors (Lipinski definition) is 2. The number of anilines is 2. The Labute approximate surface area is 130 Å². The zero-order valence-corrected chi connectivity index (χ0v) is 13.2. The van der Waals surface area contributed by atoms with E-state index in [-0.39, 0.29) is 12.5 Å². The van der Waals surface area contributed by atoms with Gasteiger partial charge in [0, 0.05) is 16.4 Å². The SMILES string of the molecule is Cc1cc(C)c(NCC(=O)Nc2ccc(Cl)cc2)c(C)c1. The van der Waals surface area contributed by atoms with Crippen molar-refractivity contribution in [1.29, 1.82) is 0 Å². The molecule has 0 saturated carbocycles. The first kappa shape index (κ1) is 15.4. The van der Waals surface area contributed by atoms with Gasteiger partial charge in [0.25, 0.3) is 0 Å². The summed E-state index contributed by atoms with van der Waals surface area (Å²) in [5.74, 6) is -0.0864. The van der Waals surface area contributed by atoms with Crippen molar-refractivity contribution in [3.8, 4) is 0 Å². The van der Waals surface area contributed by atoms with Crippen LogP contribution < -0.4 is 10.6 Å². The van der Waals surface area contributed by atoms with Crippen LogP contribution in [0.5, 0.6) is 0 Å². The molecule has 0 unspecified atom stereocenters. The maximum absolute atomic E-state index is 12.0. The van der Waals surface area contributed by atoms with Crippen molar-refractivity contribution in [3.05, 3.63) is 58.1 Å². The summed E-state index contributed by atoms with van der Waals surface area (Å²) in [4.78, 5) is 12.0. The van der Waals surface area contributed by atoms with Crippen LogP contribution in [0.2, 0.25) is 5.02 Å². The first-order chi connectivity index (χ1) is 9.95. The van der Waals surface area contributed by atoms with Gasteiger partial charge in [0.1, 0.15) is 0 Å². The maximum Gasteiger partial charge on any atom is 0.243 e. The molecule has 0 spiro atoms. The quantitative estimate of drug-likeness (QED) is 0.883. The van der Waals surface area contributed by atoms with Gasteiger partial charge in [-0.3, -0.25) is 4.79 Å². The average molecular weight is 303 g/mol. The van der Waals surface area contributed by atoms with Crippen LogP contribution in [0.3, 0.4) is 0 Å². The van der Waals surface area contributed by atoms with Crippen molar-refractivity contribution in [2.45, 2.75) is 20.8 Å². The van der Waals surface area contributed by atoms with Crippen LogP contribution in [0.4, 0.5) is 11.4 Å². The fourth-order valence-corrected chi connectivity index (χ4v) is 2.49. The monoisotopic (exact) mass is 302 g/mol. The van der Waals surface area contributed by atoms with E-state index >= 15 is 0 Å².